The molecule has 3 nitrogen and oxygen atoms in total. The first-order valence-corrected chi connectivity index (χ1v) is 5.88. The van der Waals surface area contributed by atoms with Crippen molar-refractivity contribution in [1.29, 1.82) is 0 Å². The van der Waals surface area contributed by atoms with E-state index in [9.17, 15) is 0 Å². The monoisotopic (exact) mass is 230 g/mol. The third-order valence-corrected chi connectivity index (χ3v) is 2.64. The van der Waals surface area contributed by atoms with Crippen molar-refractivity contribution in [3.05, 3.63) is 59.9 Å². The SMILES string of the molecule is OCCNCc1ccn(Cc2ccccc2)c1. The van der Waals surface area contributed by atoms with Crippen LogP contribution in [0, 0.1) is 0 Å². The Morgan fingerprint density at radius 2 is 1.88 bits per heavy atom. The number of hydrogen-bond donors (Lipinski definition) is 2. The van der Waals surface area contributed by atoms with Gasteiger partial charge in [0.15, 0.2) is 0 Å². The van der Waals surface area contributed by atoms with Gasteiger partial charge in [-0.1, -0.05) is 30.3 Å². The lowest BCUT2D eigenvalue weighted by atomic mass is 10.2. The molecule has 0 aliphatic carbocycles. The standard InChI is InChI=1S/C14H18N2O/c17-9-7-15-10-14-6-8-16(12-14)11-13-4-2-1-3-5-13/h1-6,8,12,15,17H,7,9-11H2. The molecule has 1 aromatic carbocycles. The molecular formula is C14H18N2O. The zero-order valence-corrected chi connectivity index (χ0v) is 9.84. The molecule has 2 aromatic rings. The molecule has 1 aromatic heterocycles. The summed E-state index contributed by atoms with van der Waals surface area (Å²) < 4.78 is 2.17. The number of nitrogens with zero attached hydrogens (tertiary/aromatic N) is 1. The minimum atomic E-state index is 0.185. The van der Waals surface area contributed by atoms with E-state index in [2.05, 4.69) is 52.6 Å². The molecule has 90 valence electrons. The number of aliphatic hydroxyl groups excluding tert-OH is 1. The molecule has 1 heterocycles. The topological polar surface area (TPSA) is 37.2 Å². The van der Waals surface area contributed by atoms with Crippen molar-refractivity contribution in [3.8, 4) is 0 Å². The Kier molecular flexibility index (Phi) is 4.36. The summed E-state index contributed by atoms with van der Waals surface area (Å²) in [7, 11) is 0. The van der Waals surface area contributed by atoms with Gasteiger partial charge in [-0.15, -0.1) is 0 Å². The Hall–Kier alpha value is -1.58. The second-order valence-corrected chi connectivity index (χ2v) is 4.08. The lowest BCUT2D eigenvalue weighted by Crippen LogP contribution is -2.17. The third-order valence-electron chi connectivity index (χ3n) is 2.64. The van der Waals surface area contributed by atoms with Crippen LogP contribution >= 0.6 is 0 Å². The lowest BCUT2D eigenvalue weighted by molar-refractivity contribution is 0.292. The van der Waals surface area contributed by atoms with Gasteiger partial charge in [-0.05, 0) is 17.2 Å². The molecule has 0 amide bonds. The molecule has 0 unspecified atom stereocenters. The fourth-order valence-electron chi connectivity index (χ4n) is 1.80. The molecule has 2 N–H and O–H groups in total. The van der Waals surface area contributed by atoms with E-state index in [1.807, 2.05) is 6.07 Å². The van der Waals surface area contributed by atoms with Gasteiger partial charge < -0.3 is 15.0 Å². The van der Waals surface area contributed by atoms with Crippen LogP contribution in [0.1, 0.15) is 11.1 Å². The molecule has 17 heavy (non-hydrogen) atoms. The van der Waals surface area contributed by atoms with Gasteiger partial charge in [0.1, 0.15) is 0 Å². The van der Waals surface area contributed by atoms with Crippen LogP contribution in [-0.4, -0.2) is 22.8 Å². The highest BCUT2D eigenvalue weighted by Crippen LogP contribution is 2.06. The summed E-state index contributed by atoms with van der Waals surface area (Å²) in [6.07, 6.45) is 4.22. The van der Waals surface area contributed by atoms with Crippen molar-refractivity contribution in [1.82, 2.24) is 9.88 Å². The van der Waals surface area contributed by atoms with Crippen molar-refractivity contribution in [3.63, 3.8) is 0 Å². The molecule has 0 aliphatic heterocycles. The van der Waals surface area contributed by atoms with Crippen LogP contribution in [-0.2, 0) is 13.1 Å². The molecule has 0 spiro atoms. The van der Waals surface area contributed by atoms with Gasteiger partial charge in [0, 0.05) is 32.0 Å². The van der Waals surface area contributed by atoms with Crippen LogP contribution in [0.2, 0.25) is 0 Å². The summed E-state index contributed by atoms with van der Waals surface area (Å²) in [5, 5.41) is 11.8. The maximum atomic E-state index is 8.68. The first kappa shape index (κ1) is 11.9. The normalized spacial score (nSPS) is 10.6. The minimum Gasteiger partial charge on any atom is -0.395 e. The zero-order valence-electron chi connectivity index (χ0n) is 9.84. The number of aliphatic hydroxyl groups is 1. The molecule has 3 heteroatoms. The van der Waals surface area contributed by atoms with E-state index >= 15 is 0 Å². The molecule has 2 rings (SSSR count). The van der Waals surface area contributed by atoms with Crippen LogP contribution < -0.4 is 5.32 Å². The summed E-state index contributed by atoms with van der Waals surface area (Å²) in [6, 6.07) is 12.5. The van der Waals surface area contributed by atoms with Gasteiger partial charge in [-0.3, -0.25) is 0 Å². The van der Waals surface area contributed by atoms with E-state index in [-0.39, 0.29) is 6.61 Å². The third kappa shape index (κ3) is 3.73. The van der Waals surface area contributed by atoms with E-state index < -0.39 is 0 Å². The molecule has 0 saturated heterocycles. The van der Waals surface area contributed by atoms with Gasteiger partial charge in [0.05, 0.1) is 6.61 Å². The van der Waals surface area contributed by atoms with E-state index in [0.29, 0.717) is 6.54 Å². The van der Waals surface area contributed by atoms with Crippen LogP contribution in [0.5, 0.6) is 0 Å². The Morgan fingerprint density at radius 1 is 1.06 bits per heavy atom. The summed E-state index contributed by atoms with van der Waals surface area (Å²) in [5.41, 5.74) is 2.55. The maximum absolute atomic E-state index is 8.68. The molecule has 0 atom stereocenters. The summed E-state index contributed by atoms with van der Waals surface area (Å²) in [4.78, 5) is 0. The van der Waals surface area contributed by atoms with Gasteiger partial charge in [-0.25, -0.2) is 0 Å². The predicted molar refractivity (Wildman–Crippen MR) is 68.8 cm³/mol. The maximum Gasteiger partial charge on any atom is 0.0556 e. The second kappa shape index (κ2) is 6.23. The fourth-order valence-corrected chi connectivity index (χ4v) is 1.80. The van der Waals surface area contributed by atoms with Gasteiger partial charge in [0.25, 0.3) is 0 Å². The van der Waals surface area contributed by atoms with Crippen LogP contribution in [0.15, 0.2) is 48.8 Å². The lowest BCUT2D eigenvalue weighted by Gasteiger charge is -2.03. The highest BCUT2D eigenvalue weighted by atomic mass is 16.3. The van der Waals surface area contributed by atoms with Gasteiger partial charge in [0.2, 0.25) is 0 Å². The zero-order chi connectivity index (χ0) is 11.9. The predicted octanol–water partition coefficient (Wildman–Crippen LogP) is 1.62. The molecule has 0 radical (unpaired) electrons. The average Bonchev–Trinajstić information content (AvgIpc) is 2.79. The van der Waals surface area contributed by atoms with E-state index in [1.165, 1.54) is 11.1 Å². The van der Waals surface area contributed by atoms with E-state index in [1.54, 1.807) is 0 Å². The van der Waals surface area contributed by atoms with Crippen molar-refractivity contribution >= 4 is 0 Å². The number of benzene rings is 1. The van der Waals surface area contributed by atoms with Crippen molar-refractivity contribution in [2.75, 3.05) is 13.2 Å². The first-order valence-electron chi connectivity index (χ1n) is 5.88. The Bertz CT molecular complexity index is 436. The van der Waals surface area contributed by atoms with E-state index in [0.717, 1.165) is 13.1 Å². The van der Waals surface area contributed by atoms with Crippen LogP contribution in [0.4, 0.5) is 0 Å². The quantitative estimate of drug-likeness (QED) is 0.740. The van der Waals surface area contributed by atoms with Gasteiger partial charge in [-0.2, -0.15) is 0 Å². The number of hydrogen-bond acceptors (Lipinski definition) is 2. The highest BCUT2D eigenvalue weighted by Gasteiger charge is 1.97. The second-order valence-electron chi connectivity index (χ2n) is 4.08. The molecule has 0 bridgehead atoms. The molecule has 0 saturated carbocycles. The summed E-state index contributed by atoms with van der Waals surface area (Å²) in [5.74, 6) is 0. The fraction of sp³-hybridized carbons (Fsp3) is 0.286. The molecule has 0 fully saturated rings. The first-order chi connectivity index (χ1) is 8.38. The Labute approximate surface area is 102 Å². The highest BCUT2D eigenvalue weighted by molar-refractivity contribution is 5.17. The van der Waals surface area contributed by atoms with Crippen LogP contribution in [0.25, 0.3) is 0 Å². The number of rotatable bonds is 6. The van der Waals surface area contributed by atoms with Gasteiger partial charge >= 0.3 is 0 Å². The number of aromatic nitrogens is 1. The largest absolute Gasteiger partial charge is 0.395 e. The van der Waals surface area contributed by atoms with Crippen LogP contribution in [0.3, 0.4) is 0 Å². The van der Waals surface area contributed by atoms with Crippen molar-refractivity contribution < 1.29 is 5.11 Å². The minimum absolute atomic E-state index is 0.185. The Morgan fingerprint density at radius 3 is 2.65 bits per heavy atom. The summed E-state index contributed by atoms with van der Waals surface area (Å²) in [6.45, 7) is 2.54. The van der Waals surface area contributed by atoms with Crippen molar-refractivity contribution in [2.24, 2.45) is 0 Å². The smallest absolute Gasteiger partial charge is 0.0556 e. The molecule has 0 aliphatic rings. The average molecular weight is 230 g/mol. The Balaban J connectivity index is 1.90. The number of nitrogens with one attached hydrogen (secondary N) is 1. The summed E-state index contributed by atoms with van der Waals surface area (Å²) >= 11 is 0. The van der Waals surface area contributed by atoms with E-state index in [4.69, 9.17) is 5.11 Å². The molecular weight excluding hydrogens is 212 g/mol. The van der Waals surface area contributed by atoms with Crippen molar-refractivity contribution in [2.45, 2.75) is 13.1 Å².